The van der Waals surface area contributed by atoms with Gasteiger partial charge in [-0.25, -0.2) is 0 Å². The molecular weight excluding hydrogens is 316 g/mol. The molecule has 2 nitrogen and oxygen atoms in total. The van der Waals surface area contributed by atoms with Gasteiger partial charge in [-0.2, -0.15) is 0 Å². The molecule has 0 bridgehead atoms. The first kappa shape index (κ1) is 23.3. The maximum Gasteiger partial charge on any atom is 0.311 e. The molecule has 0 radical (unpaired) electrons. The van der Waals surface area contributed by atoms with Crippen LogP contribution in [0, 0.1) is 5.92 Å². The van der Waals surface area contributed by atoms with Crippen molar-refractivity contribution < 1.29 is 9.90 Å². The van der Waals surface area contributed by atoms with Gasteiger partial charge in [0.25, 0.3) is 0 Å². The Morgan fingerprint density at radius 1 is 0.833 bits per heavy atom. The molecule has 0 aliphatic carbocycles. The van der Waals surface area contributed by atoms with E-state index in [0.29, 0.717) is 6.42 Å². The van der Waals surface area contributed by atoms with E-state index in [9.17, 15) is 4.79 Å². The summed E-state index contributed by atoms with van der Waals surface area (Å²) in [6.07, 6.45) is 23.3. The fraction of sp³-hybridized carbons (Fsp3) is 0.810. The van der Waals surface area contributed by atoms with Crippen LogP contribution in [0.5, 0.6) is 0 Å². The van der Waals surface area contributed by atoms with E-state index in [4.69, 9.17) is 17.3 Å². The van der Waals surface area contributed by atoms with Gasteiger partial charge in [0.15, 0.2) is 0 Å². The number of unbranched alkanes of at least 4 members (excludes halogenated alkanes) is 12. The van der Waals surface area contributed by atoms with Crippen molar-refractivity contribution >= 4 is 23.6 Å². The van der Waals surface area contributed by atoms with Crippen molar-refractivity contribution in [3.63, 3.8) is 0 Å². The van der Waals surface area contributed by atoms with Gasteiger partial charge in [-0.05, 0) is 37.5 Å². The van der Waals surface area contributed by atoms with E-state index < -0.39 is 11.9 Å². The molecule has 140 valence electrons. The highest BCUT2D eigenvalue weighted by molar-refractivity contribution is 7.79. The molecule has 0 heterocycles. The molecule has 0 aliphatic rings. The molecule has 0 aromatic rings. The highest BCUT2D eigenvalue weighted by atomic mass is 32.1. The normalized spacial score (nSPS) is 12.5. The van der Waals surface area contributed by atoms with Crippen LogP contribution in [0.3, 0.4) is 0 Å². The van der Waals surface area contributed by atoms with Crippen molar-refractivity contribution in [1.29, 1.82) is 0 Å². The molecule has 1 unspecified atom stereocenters. The predicted octanol–water partition coefficient (Wildman–Crippen LogP) is 7.11. The van der Waals surface area contributed by atoms with Crippen LogP contribution < -0.4 is 0 Å². The molecule has 3 heteroatoms. The zero-order valence-electron chi connectivity index (χ0n) is 15.7. The maximum atomic E-state index is 10.8. The first-order valence-electron chi connectivity index (χ1n) is 10.1. The number of allylic oxidation sites excluding steroid dienone is 2. The monoisotopic (exact) mass is 354 g/mol. The lowest BCUT2D eigenvalue weighted by atomic mass is 10.0. The summed E-state index contributed by atoms with van der Waals surface area (Å²) in [6.45, 7) is 2.26. The van der Waals surface area contributed by atoms with Gasteiger partial charge in [0.1, 0.15) is 0 Å². The van der Waals surface area contributed by atoms with Gasteiger partial charge in [-0.3, -0.25) is 4.79 Å². The Morgan fingerprint density at radius 3 is 1.75 bits per heavy atom. The Balaban J connectivity index is 3.23. The van der Waals surface area contributed by atoms with Crippen LogP contribution in [0.2, 0.25) is 0 Å². The maximum absolute atomic E-state index is 10.8. The molecule has 0 aromatic heterocycles. The minimum atomic E-state index is -0.780. The molecule has 0 spiro atoms. The highest BCUT2D eigenvalue weighted by Gasteiger charge is 2.12. The number of rotatable bonds is 18. The first-order valence-corrected chi connectivity index (χ1v) is 10.5. The largest absolute Gasteiger partial charge is 0.481 e. The number of carboxylic acid groups (broad SMARTS) is 1. The van der Waals surface area contributed by atoms with Crippen molar-refractivity contribution in [3.8, 4) is 0 Å². The second-order valence-electron chi connectivity index (χ2n) is 6.81. The number of thiocarbonyl (C=S) groups is 1. The average Bonchev–Trinajstić information content (AvgIpc) is 2.57. The second-order valence-corrected chi connectivity index (χ2v) is 7.08. The van der Waals surface area contributed by atoms with Crippen LogP contribution in [0.1, 0.15) is 103 Å². The number of aliphatic carboxylic acids is 1. The van der Waals surface area contributed by atoms with Crippen molar-refractivity contribution in [2.75, 3.05) is 0 Å². The van der Waals surface area contributed by atoms with E-state index in [0.717, 1.165) is 12.8 Å². The van der Waals surface area contributed by atoms with E-state index in [1.807, 2.05) is 0 Å². The van der Waals surface area contributed by atoms with E-state index in [1.165, 1.54) is 82.4 Å². The third-order valence-corrected chi connectivity index (χ3v) is 4.84. The highest BCUT2D eigenvalue weighted by Crippen LogP contribution is 2.13. The summed E-state index contributed by atoms with van der Waals surface area (Å²) in [7, 11) is 0. The third kappa shape index (κ3) is 16.2. The summed E-state index contributed by atoms with van der Waals surface area (Å²) in [5, 5.41) is 10.3. The van der Waals surface area contributed by atoms with Gasteiger partial charge in [-0.15, -0.1) is 0 Å². The number of hydrogen-bond donors (Lipinski definition) is 1. The van der Waals surface area contributed by atoms with Crippen LogP contribution in [-0.4, -0.2) is 16.4 Å². The van der Waals surface area contributed by atoms with Gasteiger partial charge in [0.05, 0.1) is 5.92 Å². The van der Waals surface area contributed by atoms with Gasteiger partial charge < -0.3 is 5.11 Å². The molecular formula is C21H38O2S. The third-order valence-electron chi connectivity index (χ3n) is 4.51. The van der Waals surface area contributed by atoms with E-state index >= 15 is 0 Å². The minimum Gasteiger partial charge on any atom is -0.481 e. The molecule has 1 atom stereocenters. The minimum absolute atomic E-state index is 0.434. The van der Waals surface area contributed by atoms with Crippen LogP contribution in [0.4, 0.5) is 0 Å². The van der Waals surface area contributed by atoms with Gasteiger partial charge >= 0.3 is 5.97 Å². The molecule has 0 rings (SSSR count). The number of carboxylic acids is 1. The molecule has 0 amide bonds. The molecule has 24 heavy (non-hydrogen) atoms. The lowest BCUT2D eigenvalue weighted by Crippen LogP contribution is -2.13. The summed E-state index contributed by atoms with van der Waals surface area (Å²) in [6, 6.07) is 0. The molecule has 0 aliphatic heterocycles. The Labute approximate surface area is 155 Å². The Kier molecular flexibility index (Phi) is 18.1. The Hall–Kier alpha value is -0.700. The topological polar surface area (TPSA) is 37.3 Å². The quantitative estimate of drug-likeness (QED) is 0.162. The van der Waals surface area contributed by atoms with Crippen molar-refractivity contribution in [1.82, 2.24) is 0 Å². The van der Waals surface area contributed by atoms with E-state index in [1.54, 1.807) is 0 Å². The smallest absolute Gasteiger partial charge is 0.311 e. The zero-order valence-corrected chi connectivity index (χ0v) is 16.5. The van der Waals surface area contributed by atoms with Crippen molar-refractivity contribution in [2.45, 2.75) is 103 Å². The number of hydrogen-bond acceptors (Lipinski definition) is 2. The van der Waals surface area contributed by atoms with E-state index in [2.05, 4.69) is 19.1 Å². The van der Waals surface area contributed by atoms with Gasteiger partial charge in [0, 0.05) is 0 Å². The molecule has 0 aromatic carbocycles. The lowest BCUT2D eigenvalue weighted by molar-refractivity contribution is -0.139. The summed E-state index contributed by atoms with van der Waals surface area (Å²) < 4.78 is 0. The summed E-state index contributed by atoms with van der Waals surface area (Å²) in [5.74, 6) is -1.21. The SMILES string of the molecule is CCCCCCCC/C=C\CCCCCCCCC(C=S)C(=O)O. The van der Waals surface area contributed by atoms with E-state index in [-0.39, 0.29) is 0 Å². The van der Waals surface area contributed by atoms with Crippen LogP contribution >= 0.6 is 12.2 Å². The molecule has 0 saturated carbocycles. The number of carbonyl (C=O) groups is 1. The van der Waals surface area contributed by atoms with Gasteiger partial charge in [-0.1, -0.05) is 95.5 Å². The van der Waals surface area contributed by atoms with Crippen LogP contribution in [0.15, 0.2) is 12.2 Å². The fourth-order valence-electron chi connectivity index (χ4n) is 2.86. The molecule has 0 fully saturated rings. The fourth-order valence-corrected chi connectivity index (χ4v) is 3.11. The standard InChI is InChI=1S/C21H38O2S/c1-2-3-4-5-6-7-8-9-10-11-12-13-14-15-16-17-18-20(19-24)21(22)23/h9-10,19-20H,2-8,11-18H2,1H3,(H,22,23)/b10-9-. The second kappa shape index (κ2) is 18.6. The summed E-state index contributed by atoms with van der Waals surface area (Å²) in [4.78, 5) is 10.8. The van der Waals surface area contributed by atoms with Crippen LogP contribution in [0.25, 0.3) is 0 Å². The van der Waals surface area contributed by atoms with Crippen molar-refractivity contribution in [3.05, 3.63) is 12.2 Å². The Bertz CT molecular complexity index is 326. The van der Waals surface area contributed by atoms with Crippen LogP contribution in [-0.2, 0) is 4.79 Å². The first-order chi connectivity index (χ1) is 11.7. The predicted molar refractivity (Wildman–Crippen MR) is 109 cm³/mol. The zero-order chi connectivity index (χ0) is 17.9. The summed E-state index contributed by atoms with van der Waals surface area (Å²) >= 11 is 4.75. The Morgan fingerprint density at radius 2 is 1.29 bits per heavy atom. The molecule has 1 N–H and O–H groups in total. The molecule has 0 saturated heterocycles. The van der Waals surface area contributed by atoms with Gasteiger partial charge in [0.2, 0.25) is 0 Å². The average molecular weight is 355 g/mol. The lowest BCUT2D eigenvalue weighted by Gasteiger charge is -2.05. The van der Waals surface area contributed by atoms with Crippen molar-refractivity contribution in [2.24, 2.45) is 5.92 Å². The summed E-state index contributed by atoms with van der Waals surface area (Å²) in [5.41, 5.74) is 0.